The molecule has 6 heteroatoms. The second kappa shape index (κ2) is 7.17. The summed E-state index contributed by atoms with van der Waals surface area (Å²) in [6.07, 6.45) is 0. The van der Waals surface area contributed by atoms with Gasteiger partial charge in [0, 0.05) is 10.6 Å². The van der Waals surface area contributed by atoms with E-state index in [4.69, 9.17) is 16.3 Å². The first-order chi connectivity index (χ1) is 12.0. The molecule has 25 heavy (non-hydrogen) atoms. The summed E-state index contributed by atoms with van der Waals surface area (Å²) in [5, 5.41) is 0.588. The number of hydrogen-bond donors (Lipinski definition) is 1. The molecule has 0 aliphatic rings. The van der Waals surface area contributed by atoms with E-state index in [1.165, 1.54) is 19.2 Å². The van der Waals surface area contributed by atoms with Gasteiger partial charge >= 0.3 is 0 Å². The lowest BCUT2D eigenvalue weighted by Crippen LogP contribution is -2.13. The van der Waals surface area contributed by atoms with E-state index in [-0.39, 0.29) is 4.90 Å². The van der Waals surface area contributed by atoms with Gasteiger partial charge in [0.1, 0.15) is 5.75 Å². The van der Waals surface area contributed by atoms with Crippen LogP contribution in [0.2, 0.25) is 5.02 Å². The van der Waals surface area contributed by atoms with Crippen molar-refractivity contribution >= 4 is 27.3 Å². The van der Waals surface area contributed by atoms with Crippen LogP contribution in [0.5, 0.6) is 5.75 Å². The van der Waals surface area contributed by atoms with E-state index in [1.54, 1.807) is 36.4 Å². The number of benzene rings is 3. The van der Waals surface area contributed by atoms with Crippen molar-refractivity contribution in [2.24, 2.45) is 0 Å². The van der Waals surface area contributed by atoms with Crippen molar-refractivity contribution < 1.29 is 13.2 Å². The van der Waals surface area contributed by atoms with Crippen LogP contribution in [0.4, 0.5) is 5.69 Å². The van der Waals surface area contributed by atoms with E-state index in [0.717, 1.165) is 11.1 Å². The molecule has 3 aromatic rings. The molecule has 3 rings (SSSR count). The first-order valence-electron chi connectivity index (χ1n) is 7.51. The van der Waals surface area contributed by atoms with Crippen LogP contribution in [-0.4, -0.2) is 15.5 Å². The molecule has 0 spiro atoms. The molecular formula is C19H16ClNO3S. The third kappa shape index (κ3) is 3.95. The molecule has 1 N–H and O–H groups in total. The Hall–Kier alpha value is -2.50. The fourth-order valence-electron chi connectivity index (χ4n) is 2.44. The predicted molar refractivity (Wildman–Crippen MR) is 101 cm³/mol. The Balaban J connectivity index is 1.97. The molecule has 0 atom stereocenters. The highest BCUT2D eigenvalue weighted by molar-refractivity contribution is 7.92. The number of methoxy groups -OCH3 is 1. The Kier molecular flexibility index (Phi) is 4.97. The van der Waals surface area contributed by atoms with Crippen LogP contribution in [0.3, 0.4) is 0 Å². The second-order valence-corrected chi connectivity index (χ2v) is 7.46. The van der Waals surface area contributed by atoms with Crippen molar-refractivity contribution in [3.8, 4) is 16.9 Å². The molecule has 0 saturated heterocycles. The van der Waals surface area contributed by atoms with Crippen LogP contribution in [0, 0.1) is 0 Å². The van der Waals surface area contributed by atoms with E-state index in [0.29, 0.717) is 16.5 Å². The van der Waals surface area contributed by atoms with Crippen molar-refractivity contribution in [3.05, 3.63) is 77.8 Å². The minimum atomic E-state index is -3.72. The summed E-state index contributed by atoms with van der Waals surface area (Å²) in [5.74, 6) is 0.596. The van der Waals surface area contributed by atoms with Crippen molar-refractivity contribution in [1.29, 1.82) is 0 Å². The highest BCUT2D eigenvalue weighted by Crippen LogP contribution is 2.31. The highest BCUT2D eigenvalue weighted by atomic mass is 35.5. The first kappa shape index (κ1) is 17.3. The van der Waals surface area contributed by atoms with Gasteiger partial charge in [-0.2, -0.15) is 0 Å². The van der Waals surface area contributed by atoms with Gasteiger partial charge in [0.05, 0.1) is 17.7 Å². The quantitative estimate of drug-likeness (QED) is 0.697. The molecule has 0 aliphatic carbocycles. The summed E-state index contributed by atoms with van der Waals surface area (Å²) in [4.78, 5) is 0.161. The number of halogens is 1. The highest BCUT2D eigenvalue weighted by Gasteiger charge is 2.16. The molecule has 0 aromatic heterocycles. The summed E-state index contributed by atoms with van der Waals surface area (Å²) < 4.78 is 33.1. The SMILES string of the molecule is COc1ccc(S(=O)(=O)Nc2ccccc2-c2cccc(Cl)c2)cc1. The van der Waals surface area contributed by atoms with Gasteiger partial charge in [0.2, 0.25) is 0 Å². The first-order valence-corrected chi connectivity index (χ1v) is 9.37. The van der Waals surface area contributed by atoms with E-state index < -0.39 is 10.0 Å². The maximum Gasteiger partial charge on any atom is 0.261 e. The fraction of sp³-hybridized carbons (Fsp3) is 0.0526. The molecule has 3 aromatic carbocycles. The van der Waals surface area contributed by atoms with Crippen LogP contribution in [0.15, 0.2) is 77.7 Å². The molecule has 0 amide bonds. The van der Waals surface area contributed by atoms with Crippen LogP contribution < -0.4 is 9.46 Å². The lowest BCUT2D eigenvalue weighted by atomic mass is 10.0. The summed E-state index contributed by atoms with van der Waals surface area (Å²) in [7, 11) is -2.19. The van der Waals surface area contributed by atoms with Crippen LogP contribution in [0.25, 0.3) is 11.1 Å². The van der Waals surface area contributed by atoms with Crippen molar-refractivity contribution in [2.45, 2.75) is 4.90 Å². The normalized spacial score (nSPS) is 11.1. The standard InChI is InChI=1S/C19H16ClNO3S/c1-24-16-9-11-17(12-10-16)25(22,23)21-19-8-3-2-7-18(19)14-5-4-6-15(20)13-14/h2-13,21H,1H3. The number of hydrogen-bond acceptors (Lipinski definition) is 3. The average molecular weight is 374 g/mol. The number of para-hydroxylation sites is 1. The third-order valence-electron chi connectivity index (χ3n) is 3.68. The molecule has 0 radical (unpaired) electrons. The monoisotopic (exact) mass is 373 g/mol. The van der Waals surface area contributed by atoms with Crippen molar-refractivity contribution in [3.63, 3.8) is 0 Å². The molecule has 0 fully saturated rings. The Morgan fingerprint density at radius 3 is 2.32 bits per heavy atom. The van der Waals surface area contributed by atoms with E-state index >= 15 is 0 Å². The van der Waals surface area contributed by atoms with Crippen LogP contribution in [0.1, 0.15) is 0 Å². The summed E-state index contributed by atoms with van der Waals surface area (Å²) >= 11 is 6.05. The topological polar surface area (TPSA) is 55.4 Å². The van der Waals surface area contributed by atoms with E-state index in [2.05, 4.69) is 4.72 Å². The average Bonchev–Trinajstić information content (AvgIpc) is 2.62. The Morgan fingerprint density at radius 1 is 0.920 bits per heavy atom. The maximum atomic E-state index is 12.7. The number of sulfonamides is 1. The number of anilines is 1. The molecular weight excluding hydrogens is 358 g/mol. The Morgan fingerprint density at radius 2 is 1.64 bits per heavy atom. The number of rotatable bonds is 5. The number of ether oxygens (including phenoxy) is 1. The summed E-state index contributed by atoms with van der Waals surface area (Å²) in [5.41, 5.74) is 2.07. The molecule has 4 nitrogen and oxygen atoms in total. The Bertz CT molecular complexity index is 986. The molecule has 0 unspecified atom stereocenters. The van der Waals surface area contributed by atoms with Gasteiger partial charge in [0.15, 0.2) is 0 Å². The molecule has 128 valence electrons. The van der Waals surface area contributed by atoms with Gasteiger partial charge in [-0.1, -0.05) is 41.9 Å². The lowest BCUT2D eigenvalue weighted by molar-refractivity contribution is 0.414. The minimum Gasteiger partial charge on any atom is -0.497 e. The largest absolute Gasteiger partial charge is 0.497 e. The Labute approximate surface area is 152 Å². The zero-order chi connectivity index (χ0) is 17.9. The lowest BCUT2D eigenvalue weighted by Gasteiger charge is -2.13. The summed E-state index contributed by atoms with van der Waals surface area (Å²) in [6, 6.07) is 20.7. The van der Waals surface area contributed by atoms with Gasteiger partial charge in [-0.05, 0) is 48.0 Å². The van der Waals surface area contributed by atoms with E-state index in [1.807, 2.05) is 24.3 Å². The van der Waals surface area contributed by atoms with Crippen molar-refractivity contribution in [2.75, 3.05) is 11.8 Å². The van der Waals surface area contributed by atoms with Gasteiger partial charge in [0.25, 0.3) is 10.0 Å². The van der Waals surface area contributed by atoms with Gasteiger partial charge in [-0.25, -0.2) is 8.42 Å². The van der Waals surface area contributed by atoms with Gasteiger partial charge < -0.3 is 4.74 Å². The predicted octanol–water partition coefficient (Wildman–Crippen LogP) is 4.82. The van der Waals surface area contributed by atoms with Gasteiger partial charge in [-0.3, -0.25) is 4.72 Å². The second-order valence-electron chi connectivity index (χ2n) is 5.34. The summed E-state index contributed by atoms with van der Waals surface area (Å²) in [6.45, 7) is 0. The van der Waals surface area contributed by atoms with Crippen LogP contribution >= 0.6 is 11.6 Å². The smallest absolute Gasteiger partial charge is 0.261 e. The minimum absolute atomic E-state index is 0.161. The molecule has 0 aliphatic heterocycles. The van der Waals surface area contributed by atoms with Crippen LogP contribution in [-0.2, 0) is 10.0 Å². The molecule has 0 bridgehead atoms. The number of nitrogens with one attached hydrogen (secondary N) is 1. The fourth-order valence-corrected chi connectivity index (χ4v) is 3.71. The van der Waals surface area contributed by atoms with Crippen molar-refractivity contribution in [1.82, 2.24) is 0 Å². The molecule has 0 saturated carbocycles. The van der Waals surface area contributed by atoms with Gasteiger partial charge in [-0.15, -0.1) is 0 Å². The zero-order valence-corrected chi connectivity index (χ0v) is 15.0. The zero-order valence-electron chi connectivity index (χ0n) is 13.4. The maximum absolute atomic E-state index is 12.7. The molecule has 0 heterocycles. The third-order valence-corrected chi connectivity index (χ3v) is 5.29. The van der Waals surface area contributed by atoms with E-state index in [9.17, 15) is 8.42 Å².